The molecule has 0 spiro atoms. The van der Waals surface area contributed by atoms with Crippen LogP contribution in [-0.4, -0.2) is 10.2 Å². The SMILES string of the molecule is c1nc2ccc(NSC3CCCCC3)cc2s1. The third-order valence-electron chi connectivity index (χ3n) is 3.23. The monoisotopic (exact) mass is 264 g/mol. The van der Waals surface area contributed by atoms with Gasteiger partial charge in [0.05, 0.1) is 15.7 Å². The van der Waals surface area contributed by atoms with E-state index in [1.807, 2.05) is 17.5 Å². The zero-order chi connectivity index (χ0) is 11.5. The van der Waals surface area contributed by atoms with Crippen molar-refractivity contribution >= 4 is 39.2 Å². The maximum atomic E-state index is 4.29. The normalized spacial score (nSPS) is 17.4. The summed E-state index contributed by atoms with van der Waals surface area (Å²) in [6.07, 6.45) is 6.94. The molecule has 2 nitrogen and oxygen atoms in total. The van der Waals surface area contributed by atoms with Crippen LogP contribution < -0.4 is 4.72 Å². The van der Waals surface area contributed by atoms with Crippen molar-refractivity contribution in [2.45, 2.75) is 37.4 Å². The van der Waals surface area contributed by atoms with Crippen LogP contribution in [0.5, 0.6) is 0 Å². The van der Waals surface area contributed by atoms with Crippen molar-refractivity contribution in [3.63, 3.8) is 0 Å². The summed E-state index contributed by atoms with van der Waals surface area (Å²) in [7, 11) is 0. The van der Waals surface area contributed by atoms with Crippen LogP contribution in [0.25, 0.3) is 10.2 Å². The third-order valence-corrected chi connectivity index (χ3v) is 5.18. The predicted octanol–water partition coefficient (Wildman–Crippen LogP) is 4.69. The molecular weight excluding hydrogens is 248 g/mol. The molecular formula is C13H16N2S2. The molecule has 2 aromatic rings. The summed E-state index contributed by atoms with van der Waals surface area (Å²) in [5.74, 6) is 0. The van der Waals surface area contributed by atoms with E-state index < -0.39 is 0 Å². The van der Waals surface area contributed by atoms with Crippen LogP contribution in [0.15, 0.2) is 23.7 Å². The lowest BCUT2D eigenvalue weighted by atomic mass is 10.0. The minimum atomic E-state index is 0.793. The molecule has 1 heterocycles. The van der Waals surface area contributed by atoms with Crippen molar-refractivity contribution in [3.05, 3.63) is 23.7 Å². The van der Waals surface area contributed by atoms with Gasteiger partial charge in [0.25, 0.3) is 0 Å². The molecule has 0 aliphatic heterocycles. The van der Waals surface area contributed by atoms with Crippen molar-refractivity contribution < 1.29 is 0 Å². The fraction of sp³-hybridized carbons (Fsp3) is 0.462. The quantitative estimate of drug-likeness (QED) is 0.814. The Morgan fingerprint density at radius 2 is 2.12 bits per heavy atom. The highest BCUT2D eigenvalue weighted by Gasteiger charge is 2.13. The first-order chi connectivity index (χ1) is 8.42. The van der Waals surface area contributed by atoms with E-state index in [1.54, 1.807) is 11.3 Å². The van der Waals surface area contributed by atoms with E-state index in [0.29, 0.717) is 0 Å². The molecule has 1 aliphatic rings. The fourth-order valence-corrected chi connectivity index (χ4v) is 3.97. The molecule has 0 atom stereocenters. The van der Waals surface area contributed by atoms with E-state index in [9.17, 15) is 0 Å². The Morgan fingerprint density at radius 3 is 3.00 bits per heavy atom. The molecule has 1 aromatic carbocycles. The summed E-state index contributed by atoms with van der Waals surface area (Å²) < 4.78 is 4.76. The average molecular weight is 264 g/mol. The number of nitrogens with zero attached hydrogens (tertiary/aromatic N) is 1. The van der Waals surface area contributed by atoms with E-state index >= 15 is 0 Å². The minimum Gasteiger partial charge on any atom is -0.329 e. The highest BCUT2D eigenvalue weighted by atomic mass is 32.2. The van der Waals surface area contributed by atoms with Gasteiger partial charge >= 0.3 is 0 Å². The van der Waals surface area contributed by atoms with Gasteiger partial charge in [-0.25, -0.2) is 4.98 Å². The molecule has 1 N–H and O–H groups in total. The Bertz CT molecular complexity index is 489. The summed E-state index contributed by atoms with van der Waals surface area (Å²) in [6.45, 7) is 0. The van der Waals surface area contributed by atoms with Crippen LogP contribution in [0.3, 0.4) is 0 Å². The molecule has 1 saturated carbocycles. The Morgan fingerprint density at radius 1 is 1.24 bits per heavy atom. The van der Waals surface area contributed by atoms with E-state index in [-0.39, 0.29) is 0 Å². The molecule has 3 rings (SSSR count). The number of fused-ring (bicyclic) bond motifs is 1. The zero-order valence-corrected chi connectivity index (χ0v) is 11.3. The molecule has 4 heteroatoms. The van der Waals surface area contributed by atoms with Crippen molar-refractivity contribution in [1.29, 1.82) is 0 Å². The lowest BCUT2D eigenvalue weighted by molar-refractivity contribution is 0.516. The second-order valence-corrected chi connectivity index (χ2v) is 6.51. The molecule has 0 bridgehead atoms. The van der Waals surface area contributed by atoms with Crippen LogP contribution in [0.2, 0.25) is 0 Å². The number of hydrogen-bond donors (Lipinski definition) is 1. The van der Waals surface area contributed by atoms with Gasteiger partial charge in [0.2, 0.25) is 0 Å². The highest BCUT2D eigenvalue weighted by Crippen LogP contribution is 2.30. The van der Waals surface area contributed by atoms with Gasteiger partial charge in [-0.15, -0.1) is 11.3 Å². The van der Waals surface area contributed by atoms with Crippen molar-refractivity contribution in [2.24, 2.45) is 0 Å². The summed E-state index contributed by atoms with van der Waals surface area (Å²) >= 11 is 3.60. The number of anilines is 1. The summed E-state index contributed by atoms with van der Waals surface area (Å²) in [4.78, 5) is 4.29. The topological polar surface area (TPSA) is 24.9 Å². The summed E-state index contributed by atoms with van der Waals surface area (Å²) in [5, 5.41) is 0.793. The number of thiazole rings is 1. The molecule has 1 fully saturated rings. The average Bonchev–Trinajstić information content (AvgIpc) is 2.85. The predicted molar refractivity (Wildman–Crippen MR) is 77.7 cm³/mol. The molecule has 0 unspecified atom stereocenters. The van der Waals surface area contributed by atoms with Gasteiger partial charge < -0.3 is 4.72 Å². The Hall–Kier alpha value is -0.740. The fourth-order valence-electron chi connectivity index (χ4n) is 2.25. The number of nitrogens with one attached hydrogen (secondary N) is 1. The molecule has 90 valence electrons. The first-order valence-electron chi connectivity index (χ1n) is 6.17. The maximum absolute atomic E-state index is 4.29. The van der Waals surface area contributed by atoms with Crippen molar-refractivity contribution in [1.82, 2.24) is 4.98 Å². The maximum Gasteiger partial charge on any atom is 0.0813 e. The molecule has 1 aliphatic carbocycles. The first-order valence-corrected chi connectivity index (χ1v) is 7.93. The Kier molecular flexibility index (Phi) is 3.52. The largest absolute Gasteiger partial charge is 0.329 e. The van der Waals surface area contributed by atoms with E-state index in [4.69, 9.17) is 0 Å². The second-order valence-electron chi connectivity index (χ2n) is 4.51. The first kappa shape index (κ1) is 11.4. The van der Waals surface area contributed by atoms with E-state index in [1.165, 1.54) is 42.5 Å². The Balaban J connectivity index is 1.63. The summed E-state index contributed by atoms with van der Waals surface area (Å²) in [5.41, 5.74) is 4.21. The van der Waals surface area contributed by atoms with Gasteiger partial charge in [0.15, 0.2) is 0 Å². The number of aromatic nitrogens is 1. The van der Waals surface area contributed by atoms with Crippen LogP contribution in [-0.2, 0) is 0 Å². The highest BCUT2D eigenvalue weighted by molar-refractivity contribution is 8.01. The molecule has 0 radical (unpaired) electrons. The molecule has 17 heavy (non-hydrogen) atoms. The van der Waals surface area contributed by atoms with Crippen LogP contribution >= 0.6 is 23.3 Å². The lowest BCUT2D eigenvalue weighted by Gasteiger charge is -2.21. The van der Waals surface area contributed by atoms with Crippen LogP contribution in [0.4, 0.5) is 5.69 Å². The van der Waals surface area contributed by atoms with E-state index in [2.05, 4.69) is 27.9 Å². The molecule has 1 aromatic heterocycles. The van der Waals surface area contributed by atoms with Crippen molar-refractivity contribution in [3.8, 4) is 0 Å². The lowest BCUT2D eigenvalue weighted by Crippen LogP contribution is -2.10. The number of hydrogen-bond acceptors (Lipinski definition) is 4. The van der Waals surface area contributed by atoms with Gasteiger partial charge in [-0.2, -0.15) is 0 Å². The second kappa shape index (κ2) is 5.27. The standard InChI is InChI=1S/C13H16N2S2/c1-2-4-11(5-3-1)17-15-10-6-7-12-13(8-10)16-9-14-12/h6-9,11,15H,1-5H2. The van der Waals surface area contributed by atoms with Gasteiger partial charge in [0, 0.05) is 10.9 Å². The van der Waals surface area contributed by atoms with Gasteiger partial charge in [-0.1, -0.05) is 19.3 Å². The van der Waals surface area contributed by atoms with Crippen LogP contribution in [0.1, 0.15) is 32.1 Å². The Labute approximate surface area is 110 Å². The van der Waals surface area contributed by atoms with Gasteiger partial charge in [-0.05, 0) is 43.0 Å². The molecule has 0 saturated heterocycles. The third kappa shape index (κ3) is 2.75. The van der Waals surface area contributed by atoms with Crippen LogP contribution in [0, 0.1) is 0 Å². The number of benzene rings is 1. The smallest absolute Gasteiger partial charge is 0.0813 e. The summed E-state index contributed by atoms with van der Waals surface area (Å²) in [6, 6.07) is 6.41. The number of rotatable bonds is 3. The van der Waals surface area contributed by atoms with E-state index in [0.717, 1.165) is 10.8 Å². The van der Waals surface area contributed by atoms with Gasteiger partial charge in [-0.3, -0.25) is 0 Å². The zero-order valence-electron chi connectivity index (χ0n) is 9.69. The molecule has 0 amide bonds. The minimum absolute atomic E-state index is 0.793. The van der Waals surface area contributed by atoms with Gasteiger partial charge in [0.1, 0.15) is 0 Å². The van der Waals surface area contributed by atoms with Crippen molar-refractivity contribution in [2.75, 3.05) is 4.72 Å².